The molecule has 18 heavy (non-hydrogen) atoms. The molecule has 0 radical (unpaired) electrons. The van der Waals surface area contributed by atoms with Gasteiger partial charge in [0.05, 0.1) is 6.10 Å². The minimum atomic E-state index is 0.250. The first-order valence-corrected chi connectivity index (χ1v) is 7.58. The average molecular weight is 255 g/mol. The van der Waals surface area contributed by atoms with Gasteiger partial charge in [-0.25, -0.2) is 0 Å². The molecule has 2 aliphatic rings. The maximum atomic E-state index is 5.71. The maximum absolute atomic E-state index is 5.71. The van der Waals surface area contributed by atoms with E-state index >= 15 is 0 Å². The zero-order chi connectivity index (χ0) is 12.8. The van der Waals surface area contributed by atoms with Crippen molar-refractivity contribution in [3.8, 4) is 0 Å². The Kier molecular flexibility index (Phi) is 5.89. The van der Waals surface area contributed by atoms with E-state index in [2.05, 4.69) is 9.80 Å². The summed E-state index contributed by atoms with van der Waals surface area (Å²) in [5.41, 5.74) is 5.71. The topological polar surface area (TPSA) is 41.7 Å². The van der Waals surface area contributed by atoms with Gasteiger partial charge in [-0.3, -0.25) is 0 Å². The van der Waals surface area contributed by atoms with Crippen molar-refractivity contribution in [1.82, 2.24) is 9.80 Å². The van der Waals surface area contributed by atoms with Crippen LogP contribution in [-0.4, -0.2) is 68.3 Å². The molecule has 0 aromatic heterocycles. The van der Waals surface area contributed by atoms with Crippen LogP contribution >= 0.6 is 0 Å². The SMILES string of the molecule is CCOC(CN)CCN1CCN(CC2CC2)CC1. The highest BCUT2D eigenvalue weighted by Gasteiger charge is 2.26. The van der Waals surface area contributed by atoms with E-state index in [1.54, 1.807) is 0 Å². The molecule has 4 nitrogen and oxygen atoms in total. The zero-order valence-corrected chi connectivity index (χ0v) is 11.8. The smallest absolute Gasteiger partial charge is 0.0709 e. The number of piperazine rings is 1. The van der Waals surface area contributed by atoms with Crippen LogP contribution in [0.1, 0.15) is 26.2 Å². The molecule has 106 valence electrons. The molecule has 1 heterocycles. The van der Waals surface area contributed by atoms with E-state index < -0.39 is 0 Å². The van der Waals surface area contributed by atoms with Crippen molar-refractivity contribution >= 4 is 0 Å². The predicted molar refractivity (Wildman–Crippen MR) is 74.7 cm³/mol. The third kappa shape index (κ3) is 4.84. The van der Waals surface area contributed by atoms with E-state index in [1.165, 1.54) is 45.6 Å². The molecule has 0 aromatic carbocycles. The molecule has 0 aromatic rings. The summed E-state index contributed by atoms with van der Waals surface area (Å²) in [7, 11) is 0. The van der Waals surface area contributed by atoms with Crippen molar-refractivity contribution in [1.29, 1.82) is 0 Å². The van der Waals surface area contributed by atoms with Crippen molar-refractivity contribution in [2.24, 2.45) is 11.7 Å². The molecule has 1 unspecified atom stereocenters. The van der Waals surface area contributed by atoms with E-state index in [1.807, 2.05) is 6.92 Å². The van der Waals surface area contributed by atoms with Gasteiger partial charge in [-0.2, -0.15) is 0 Å². The lowest BCUT2D eigenvalue weighted by atomic mass is 10.2. The van der Waals surface area contributed by atoms with Gasteiger partial charge in [0.15, 0.2) is 0 Å². The van der Waals surface area contributed by atoms with Gasteiger partial charge in [0.2, 0.25) is 0 Å². The number of rotatable bonds is 8. The summed E-state index contributed by atoms with van der Waals surface area (Å²) in [6.45, 7) is 10.9. The van der Waals surface area contributed by atoms with Crippen molar-refractivity contribution < 1.29 is 4.74 Å². The normalized spacial score (nSPS) is 24.3. The highest BCUT2D eigenvalue weighted by molar-refractivity contribution is 4.80. The first-order chi connectivity index (χ1) is 8.81. The Hall–Kier alpha value is -0.160. The summed E-state index contributed by atoms with van der Waals surface area (Å²) in [5, 5.41) is 0. The average Bonchev–Trinajstić information content (AvgIpc) is 3.20. The van der Waals surface area contributed by atoms with E-state index in [4.69, 9.17) is 10.5 Å². The lowest BCUT2D eigenvalue weighted by molar-refractivity contribution is 0.0470. The Morgan fingerprint density at radius 1 is 1.17 bits per heavy atom. The summed E-state index contributed by atoms with van der Waals surface area (Å²) < 4.78 is 5.60. The molecule has 0 amide bonds. The fourth-order valence-corrected chi connectivity index (χ4v) is 2.69. The van der Waals surface area contributed by atoms with Crippen LogP contribution < -0.4 is 5.73 Å². The van der Waals surface area contributed by atoms with Crippen LogP contribution in [0.5, 0.6) is 0 Å². The van der Waals surface area contributed by atoms with Crippen molar-refractivity contribution in [3.63, 3.8) is 0 Å². The molecule has 0 spiro atoms. The summed E-state index contributed by atoms with van der Waals surface area (Å²) in [4.78, 5) is 5.20. The van der Waals surface area contributed by atoms with E-state index in [0.29, 0.717) is 6.54 Å². The third-order valence-corrected chi connectivity index (χ3v) is 4.11. The molecular formula is C14H29N3O. The number of nitrogens with two attached hydrogens (primary N) is 1. The minimum absolute atomic E-state index is 0.250. The number of hydrogen-bond donors (Lipinski definition) is 1. The molecule has 2 N–H and O–H groups in total. The zero-order valence-electron chi connectivity index (χ0n) is 11.8. The summed E-state index contributed by atoms with van der Waals surface area (Å²) in [5.74, 6) is 1.02. The molecule has 0 bridgehead atoms. The maximum Gasteiger partial charge on any atom is 0.0709 e. The number of hydrogen-bond acceptors (Lipinski definition) is 4. The van der Waals surface area contributed by atoms with Gasteiger partial charge in [0.1, 0.15) is 0 Å². The fraction of sp³-hybridized carbons (Fsp3) is 1.00. The van der Waals surface area contributed by atoms with E-state index in [-0.39, 0.29) is 6.10 Å². The van der Waals surface area contributed by atoms with Crippen molar-refractivity contribution in [2.45, 2.75) is 32.3 Å². The quantitative estimate of drug-likeness (QED) is 0.695. The Balaban J connectivity index is 1.57. The molecule has 1 saturated carbocycles. The molecule has 1 atom stereocenters. The van der Waals surface area contributed by atoms with Crippen LogP contribution in [0.3, 0.4) is 0 Å². The minimum Gasteiger partial charge on any atom is -0.377 e. The molecular weight excluding hydrogens is 226 g/mol. The fourth-order valence-electron chi connectivity index (χ4n) is 2.69. The van der Waals surface area contributed by atoms with Gasteiger partial charge in [-0.15, -0.1) is 0 Å². The van der Waals surface area contributed by atoms with Crippen LogP contribution in [0.4, 0.5) is 0 Å². The van der Waals surface area contributed by atoms with Gasteiger partial charge in [-0.1, -0.05) is 0 Å². The number of nitrogens with zero attached hydrogens (tertiary/aromatic N) is 2. The Bertz CT molecular complexity index is 225. The first-order valence-electron chi connectivity index (χ1n) is 7.58. The lowest BCUT2D eigenvalue weighted by Crippen LogP contribution is -2.47. The first kappa shape index (κ1) is 14.3. The molecule has 1 aliphatic carbocycles. The van der Waals surface area contributed by atoms with E-state index in [9.17, 15) is 0 Å². The lowest BCUT2D eigenvalue weighted by Gasteiger charge is -2.35. The molecule has 2 fully saturated rings. The van der Waals surface area contributed by atoms with E-state index in [0.717, 1.165) is 25.5 Å². The van der Waals surface area contributed by atoms with Gasteiger partial charge in [0, 0.05) is 52.4 Å². The number of ether oxygens (including phenoxy) is 1. The van der Waals surface area contributed by atoms with Gasteiger partial charge < -0.3 is 20.3 Å². The van der Waals surface area contributed by atoms with Gasteiger partial charge >= 0.3 is 0 Å². The predicted octanol–water partition coefficient (Wildman–Crippen LogP) is 0.768. The van der Waals surface area contributed by atoms with Crippen molar-refractivity contribution in [3.05, 3.63) is 0 Å². The Labute approximate surface area is 111 Å². The molecule has 1 aliphatic heterocycles. The van der Waals surface area contributed by atoms with Crippen LogP contribution in [-0.2, 0) is 4.74 Å². The van der Waals surface area contributed by atoms with Crippen LogP contribution in [0.15, 0.2) is 0 Å². The third-order valence-electron chi connectivity index (χ3n) is 4.11. The Morgan fingerprint density at radius 3 is 2.39 bits per heavy atom. The summed E-state index contributed by atoms with van der Waals surface area (Å²) in [6.07, 6.45) is 4.26. The second-order valence-corrected chi connectivity index (χ2v) is 5.69. The van der Waals surface area contributed by atoms with Gasteiger partial charge in [0.25, 0.3) is 0 Å². The van der Waals surface area contributed by atoms with Crippen molar-refractivity contribution in [2.75, 3.05) is 52.4 Å². The largest absolute Gasteiger partial charge is 0.377 e. The van der Waals surface area contributed by atoms with Crippen LogP contribution in [0, 0.1) is 5.92 Å². The van der Waals surface area contributed by atoms with Crippen LogP contribution in [0.25, 0.3) is 0 Å². The standard InChI is InChI=1S/C14H29N3O/c1-2-18-14(11-15)5-6-16-7-9-17(10-8-16)12-13-3-4-13/h13-14H,2-12,15H2,1H3. The van der Waals surface area contributed by atoms with Gasteiger partial charge in [-0.05, 0) is 32.1 Å². The molecule has 2 rings (SSSR count). The Morgan fingerprint density at radius 2 is 1.83 bits per heavy atom. The summed E-state index contributed by atoms with van der Waals surface area (Å²) in [6, 6.07) is 0. The highest BCUT2D eigenvalue weighted by Crippen LogP contribution is 2.29. The monoisotopic (exact) mass is 255 g/mol. The summed E-state index contributed by atoms with van der Waals surface area (Å²) >= 11 is 0. The highest BCUT2D eigenvalue weighted by atomic mass is 16.5. The second-order valence-electron chi connectivity index (χ2n) is 5.69. The molecule has 4 heteroatoms. The second kappa shape index (κ2) is 7.43. The molecule has 1 saturated heterocycles. The van der Waals surface area contributed by atoms with Crippen LogP contribution in [0.2, 0.25) is 0 Å².